The van der Waals surface area contributed by atoms with E-state index in [-0.39, 0.29) is 12.8 Å². The summed E-state index contributed by atoms with van der Waals surface area (Å²) in [5.41, 5.74) is 0. The number of hydrogen-bond donors (Lipinski definition) is 2. The summed E-state index contributed by atoms with van der Waals surface area (Å²) in [6.07, 6.45) is -2.52. The minimum Gasteiger partial charge on any atom is -0.481 e. The first-order chi connectivity index (χ1) is 9.20. The highest BCUT2D eigenvalue weighted by molar-refractivity contribution is 5.98. The highest BCUT2D eigenvalue weighted by Crippen LogP contribution is 1.98. The van der Waals surface area contributed by atoms with E-state index < -0.39 is 36.1 Å². The molecular formula is C12H14O8. The zero-order valence-electron chi connectivity index (χ0n) is 10.9. The Morgan fingerprint density at radius 1 is 0.850 bits per heavy atom. The Morgan fingerprint density at radius 2 is 1.15 bits per heavy atom. The van der Waals surface area contributed by atoms with Crippen LogP contribution in [0, 0.1) is 11.8 Å². The van der Waals surface area contributed by atoms with E-state index in [1.165, 1.54) is 13.8 Å². The lowest BCUT2D eigenvalue weighted by atomic mass is 10.3. The lowest BCUT2D eigenvalue weighted by Crippen LogP contribution is -2.19. The Hall–Kier alpha value is -2.56. The lowest BCUT2D eigenvalue weighted by Gasteiger charge is -2.08. The summed E-state index contributed by atoms with van der Waals surface area (Å²) in [4.78, 5) is 42.9. The number of carbonyl (C=O) groups is 4. The third-order valence-electron chi connectivity index (χ3n) is 1.81. The number of aliphatic carboxylic acids is 2. The van der Waals surface area contributed by atoms with Crippen LogP contribution in [0.5, 0.6) is 0 Å². The molecule has 0 aromatic heterocycles. The highest BCUT2D eigenvalue weighted by Gasteiger charge is 2.13. The van der Waals surface area contributed by atoms with E-state index >= 15 is 0 Å². The summed E-state index contributed by atoms with van der Waals surface area (Å²) in [6, 6.07) is 0. The number of carbonyl (C=O) groups excluding carboxylic acids is 2. The predicted octanol–water partition coefficient (Wildman–Crippen LogP) is -0.197. The average Bonchev–Trinajstić information content (AvgIpc) is 2.23. The molecule has 0 aliphatic carbocycles. The van der Waals surface area contributed by atoms with Crippen LogP contribution in [0.1, 0.15) is 26.7 Å². The zero-order chi connectivity index (χ0) is 15.7. The third-order valence-corrected chi connectivity index (χ3v) is 1.81. The molecule has 0 spiro atoms. The topological polar surface area (TPSA) is 127 Å². The van der Waals surface area contributed by atoms with Gasteiger partial charge in [-0.3, -0.25) is 9.59 Å². The molecule has 0 saturated carbocycles. The number of esters is 2. The van der Waals surface area contributed by atoms with Gasteiger partial charge in [-0.15, -0.1) is 0 Å². The molecule has 20 heavy (non-hydrogen) atoms. The first-order valence-electron chi connectivity index (χ1n) is 5.57. The second kappa shape index (κ2) is 8.53. The largest absolute Gasteiger partial charge is 0.481 e. The Morgan fingerprint density at radius 3 is 1.40 bits per heavy atom. The van der Waals surface area contributed by atoms with Gasteiger partial charge in [-0.25, -0.2) is 9.59 Å². The van der Waals surface area contributed by atoms with Crippen LogP contribution in [0.2, 0.25) is 0 Å². The van der Waals surface area contributed by atoms with E-state index in [0.29, 0.717) is 0 Å². The number of carboxylic acid groups (broad SMARTS) is 2. The Bertz CT molecular complexity index is 416. The van der Waals surface area contributed by atoms with Gasteiger partial charge in [-0.1, -0.05) is 0 Å². The second-order valence-corrected chi connectivity index (χ2v) is 3.88. The molecule has 2 unspecified atom stereocenters. The molecule has 0 radical (unpaired) electrons. The standard InChI is InChI=1S/C12H14O8/c1-7(5-9(13)14)19-11(17)3-4-12(18)20-8(2)6-10(15)16/h7-8H,5-6H2,1-2H3,(H,13,14)(H,15,16). The molecule has 0 aliphatic heterocycles. The van der Waals surface area contributed by atoms with Crippen molar-refractivity contribution in [1.29, 1.82) is 0 Å². The number of hydrogen-bond acceptors (Lipinski definition) is 6. The van der Waals surface area contributed by atoms with Crippen molar-refractivity contribution in [3.8, 4) is 11.8 Å². The smallest absolute Gasteiger partial charge is 0.385 e. The summed E-state index contributed by atoms with van der Waals surface area (Å²) in [6.45, 7) is 2.72. The first kappa shape index (κ1) is 17.4. The molecule has 2 N–H and O–H groups in total. The van der Waals surface area contributed by atoms with Gasteiger partial charge >= 0.3 is 23.9 Å². The van der Waals surface area contributed by atoms with Crippen molar-refractivity contribution in [2.45, 2.75) is 38.9 Å². The SMILES string of the molecule is CC(CC(=O)O)OC(=O)C#CC(=O)OC(C)CC(=O)O. The first-order valence-corrected chi connectivity index (χ1v) is 5.57. The monoisotopic (exact) mass is 286 g/mol. The van der Waals surface area contributed by atoms with Gasteiger partial charge in [-0.2, -0.15) is 0 Å². The van der Waals surface area contributed by atoms with Crippen molar-refractivity contribution >= 4 is 23.9 Å². The Balaban J connectivity index is 4.23. The molecule has 0 rings (SSSR count). The van der Waals surface area contributed by atoms with Gasteiger partial charge in [0.1, 0.15) is 12.2 Å². The van der Waals surface area contributed by atoms with E-state index in [2.05, 4.69) is 9.47 Å². The van der Waals surface area contributed by atoms with Crippen molar-refractivity contribution in [3.05, 3.63) is 0 Å². The fourth-order valence-electron chi connectivity index (χ4n) is 1.10. The van der Waals surface area contributed by atoms with Crippen LogP contribution in [0.4, 0.5) is 0 Å². The summed E-state index contributed by atoms with van der Waals surface area (Å²) >= 11 is 0. The maximum absolute atomic E-state index is 11.1. The van der Waals surface area contributed by atoms with Crippen molar-refractivity contribution in [3.63, 3.8) is 0 Å². The molecule has 0 fully saturated rings. The van der Waals surface area contributed by atoms with E-state index in [4.69, 9.17) is 10.2 Å². The molecule has 8 nitrogen and oxygen atoms in total. The van der Waals surface area contributed by atoms with Gasteiger partial charge in [0.25, 0.3) is 0 Å². The molecule has 110 valence electrons. The van der Waals surface area contributed by atoms with Gasteiger partial charge in [0, 0.05) is 11.8 Å². The molecule has 8 heteroatoms. The Kier molecular flexibility index (Phi) is 7.43. The van der Waals surface area contributed by atoms with Crippen molar-refractivity contribution in [2.24, 2.45) is 0 Å². The van der Waals surface area contributed by atoms with E-state index in [1.54, 1.807) is 0 Å². The van der Waals surface area contributed by atoms with Crippen LogP contribution in [0.15, 0.2) is 0 Å². The summed E-state index contributed by atoms with van der Waals surface area (Å²) in [5.74, 6) is -0.775. The summed E-state index contributed by atoms with van der Waals surface area (Å²) < 4.78 is 9.17. The van der Waals surface area contributed by atoms with Gasteiger partial charge in [0.15, 0.2) is 0 Å². The van der Waals surface area contributed by atoms with Crippen LogP contribution in [0.25, 0.3) is 0 Å². The van der Waals surface area contributed by atoms with Crippen molar-refractivity contribution in [1.82, 2.24) is 0 Å². The molecule has 2 atom stereocenters. The minimum atomic E-state index is -1.14. The molecule has 0 amide bonds. The van der Waals surface area contributed by atoms with Gasteiger partial charge in [-0.05, 0) is 13.8 Å². The molecular weight excluding hydrogens is 272 g/mol. The maximum atomic E-state index is 11.1. The molecule has 0 bridgehead atoms. The van der Waals surface area contributed by atoms with E-state index in [1.807, 2.05) is 11.8 Å². The van der Waals surface area contributed by atoms with Gasteiger partial charge in [0.05, 0.1) is 12.8 Å². The zero-order valence-corrected chi connectivity index (χ0v) is 10.9. The normalized spacial score (nSPS) is 12.3. The Labute approximate surface area is 114 Å². The molecule has 0 heterocycles. The highest BCUT2D eigenvalue weighted by atomic mass is 16.5. The fraction of sp³-hybridized carbons (Fsp3) is 0.500. The van der Waals surface area contributed by atoms with Crippen LogP contribution in [-0.4, -0.2) is 46.3 Å². The third kappa shape index (κ3) is 9.47. The van der Waals surface area contributed by atoms with Crippen molar-refractivity contribution in [2.75, 3.05) is 0 Å². The summed E-state index contributed by atoms with van der Waals surface area (Å²) in [7, 11) is 0. The lowest BCUT2D eigenvalue weighted by molar-refractivity contribution is -0.149. The van der Waals surface area contributed by atoms with Crippen LogP contribution in [-0.2, 0) is 28.7 Å². The van der Waals surface area contributed by atoms with Gasteiger partial charge < -0.3 is 19.7 Å². The summed E-state index contributed by atoms with van der Waals surface area (Å²) in [5, 5.41) is 16.9. The minimum absolute atomic E-state index is 0.381. The maximum Gasteiger partial charge on any atom is 0.385 e. The molecule has 0 aromatic carbocycles. The van der Waals surface area contributed by atoms with Crippen LogP contribution >= 0.6 is 0 Å². The van der Waals surface area contributed by atoms with Crippen molar-refractivity contribution < 1.29 is 38.9 Å². The number of carboxylic acids is 2. The van der Waals surface area contributed by atoms with Gasteiger partial charge in [0.2, 0.25) is 0 Å². The fourth-order valence-corrected chi connectivity index (χ4v) is 1.10. The second-order valence-electron chi connectivity index (χ2n) is 3.88. The quantitative estimate of drug-likeness (QED) is 0.390. The molecule has 0 aromatic rings. The average molecular weight is 286 g/mol. The number of rotatable bonds is 6. The predicted molar refractivity (Wildman–Crippen MR) is 63.4 cm³/mol. The molecule has 0 aliphatic rings. The van der Waals surface area contributed by atoms with E-state index in [9.17, 15) is 19.2 Å². The van der Waals surface area contributed by atoms with Crippen LogP contribution in [0.3, 0.4) is 0 Å². The number of ether oxygens (including phenoxy) is 2. The molecule has 0 saturated heterocycles. The van der Waals surface area contributed by atoms with E-state index in [0.717, 1.165) is 0 Å². The van der Waals surface area contributed by atoms with Crippen LogP contribution < -0.4 is 0 Å².